The summed E-state index contributed by atoms with van der Waals surface area (Å²) in [4.78, 5) is 15.6. The first-order chi connectivity index (χ1) is 17.4. The van der Waals surface area contributed by atoms with Crippen LogP contribution in [0.5, 0.6) is 0 Å². The molecule has 0 saturated heterocycles. The van der Waals surface area contributed by atoms with Crippen molar-refractivity contribution in [3.05, 3.63) is 65.6 Å². The highest BCUT2D eigenvalue weighted by Crippen LogP contribution is 2.24. The Morgan fingerprint density at radius 1 is 1.08 bits per heavy atom. The second-order valence-electron chi connectivity index (χ2n) is 9.30. The fourth-order valence-corrected chi connectivity index (χ4v) is 3.83. The minimum atomic E-state index is -0.0486. The molecule has 0 radical (unpaired) electrons. The molecular weight excluding hydrogens is 450 g/mol. The lowest BCUT2D eigenvalue weighted by Gasteiger charge is -2.09. The van der Waals surface area contributed by atoms with Crippen molar-refractivity contribution in [3.8, 4) is 11.4 Å². The number of hydrogen-bond donors (Lipinski definition) is 1. The number of esters is 1. The van der Waals surface area contributed by atoms with Crippen molar-refractivity contribution in [1.29, 1.82) is 0 Å². The van der Waals surface area contributed by atoms with Crippen molar-refractivity contribution in [2.24, 2.45) is 11.8 Å². The summed E-state index contributed by atoms with van der Waals surface area (Å²) in [6, 6.07) is 8.44. The maximum absolute atomic E-state index is 11.0. The predicted molar refractivity (Wildman–Crippen MR) is 147 cm³/mol. The summed E-state index contributed by atoms with van der Waals surface area (Å²) < 4.78 is 10.4. The maximum Gasteiger partial charge on any atom is 0.308 e. The fraction of sp³-hybridized carbons (Fsp3) is 0.500. The molecular formula is C30H43N3O3. The molecule has 0 saturated carbocycles. The highest BCUT2D eigenvalue weighted by Gasteiger charge is 2.14. The van der Waals surface area contributed by atoms with Gasteiger partial charge in [0.1, 0.15) is 0 Å². The summed E-state index contributed by atoms with van der Waals surface area (Å²) >= 11 is 0. The number of nitrogens with zero attached hydrogens (tertiary/aromatic N) is 2. The second-order valence-corrected chi connectivity index (χ2v) is 9.30. The van der Waals surface area contributed by atoms with Gasteiger partial charge in [-0.1, -0.05) is 88.3 Å². The molecule has 1 aliphatic carbocycles. The molecule has 1 heterocycles. The third-order valence-electron chi connectivity index (χ3n) is 5.91. The summed E-state index contributed by atoms with van der Waals surface area (Å²) in [5.74, 6) is 1.95. The first-order valence-corrected chi connectivity index (χ1v) is 13.3. The molecule has 0 fully saturated rings. The topological polar surface area (TPSA) is 77.2 Å². The molecule has 1 aromatic heterocycles. The summed E-state index contributed by atoms with van der Waals surface area (Å²) in [5, 5.41) is 7.51. The number of ether oxygens (including phenoxy) is 1. The quantitative estimate of drug-likeness (QED) is 0.347. The molecule has 6 heteroatoms. The van der Waals surface area contributed by atoms with Gasteiger partial charge in [-0.3, -0.25) is 4.79 Å². The average molecular weight is 494 g/mol. The molecule has 1 aliphatic rings. The zero-order valence-electron chi connectivity index (χ0n) is 22.8. The van der Waals surface area contributed by atoms with E-state index in [9.17, 15) is 4.79 Å². The molecule has 0 bridgehead atoms. The molecule has 1 N–H and O–H groups in total. The first kappa shape index (κ1) is 29.2. The van der Waals surface area contributed by atoms with E-state index in [0.717, 1.165) is 49.9 Å². The monoisotopic (exact) mass is 493 g/mol. The van der Waals surface area contributed by atoms with Crippen molar-refractivity contribution >= 4 is 11.5 Å². The molecule has 0 aliphatic heterocycles. The number of rotatable bonds is 11. The third-order valence-corrected chi connectivity index (χ3v) is 5.91. The Bertz CT molecular complexity index is 1010. The van der Waals surface area contributed by atoms with Crippen LogP contribution in [0, 0.1) is 11.8 Å². The van der Waals surface area contributed by atoms with Gasteiger partial charge in [0.15, 0.2) is 0 Å². The van der Waals surface area contributed by atoms with Crippen LogP contribution in [0.2, 0.25) is 0 Å². The van der Waals surface area contributed by atoms with Crippen LogP contribution in [0.4, 0.5) is 0 Å². The van der Waals surface area contributed by atoms with E-state index in [1.54, 1.807) is 0 Å². The number of carbonyl (C=O) groups is 1. The number of likely N-dealkylation sites (N-methyl/N-ethyl adjacent to an activating group) is 1. The van der Waals surface area contributed by atoms with Crippen LogP contribution in [-0.2, 0) is 16.0 Å². The summed E-state index contributed by atoms with van der Waals surface area (Å²) in [6.07, 6.45) is 12.1. The lowest BCUT2D eigenvalue weighted by molar-refractivity contribution is -0.148. The van der Waals surface area contributed by atoms with Crippen molar-refractivity contribution in [2.45, 2.75) is 67.2 Å². The van der Waals surface area contributed by atoms with Crippen LogP contribution in [0.3, 0.4) is 0 Å². The highest BCUT2D eigenvalue weighted by molar-refractivity contribution is 5.72. The van der Waals surface area contributed by atoms with Gasteiger partial charge in [-0.2, -0.15) is 4.98 Å². The Kier molecular flexibility index (Phi) is 12.9. The van der Waals surface area contributed by atoms with E-state index in [-0.39, 0.29) is 11.9 Å². The van der Waals surface area contributed by atoms with E-state index in [0.29, 0.717) is 24.2 Å². The summed E-state index contributed by atoms with van der Waals surface area (Å²) in [6.45, 7) is 14.7. The van der Waals surface area contributed by atoms with Crippen molar-refractivity contribution in [3.63, 3.8) is 0 Å². The lowest BCUT2D eigenvalue weighted by Crippen LogP contribution is -2.15. The Morgan fingerprint density at radius 3 is 2.42 bits per heavy atom. The van der Waals surface area contributed by atoms with E-state index >= 15 is 0 Å². The molecule has 36 heavy (non-hydrogen) atoms. The predicted octanol–water partition coefficient (Wildman–Crippen LogP) is 6.80. The number of allylic oxidation sites excluding steroid dienone is 4. The van der Waals surface area contributed by atoms with Gasteiger partial charge >= 0.3 is 5.97 Å². The number of benzene rings is 1. The minimum absolute atomic E-state index is 0.0486. The van der Waals surface area contributed by atoms with Gasteiger partial charge in [0.2, 0.25) is 5.82 Å². The molecule has 1 aromatic carbocycles. The van der Waals surface area contributed by atoms with E-state index < -0.39 is 0 Å². The fourth-order valence-electron chi connectivity index (χ4n) is 3.83. The van der Waals surface area contributed by atoms with E-state index in [1.807, 2.05) is 20.8 Å². The average Bonchev–Trinajstić information content (AvgIpc) is 3.23. The van der Waals surface area contributed by atoms with E-state index in [1.165, 1.54) is 11.1 Å². The molecule has 3 rings (SSSR count). The SMILES string of the molecule is CCNCC1=CC=C(c2nc(-c3ccc(CC(C)C)cc3)no2)CC=C1.CCOC(=O)C(CC)CC. The largest absolute Gasteiger partial charge is 0.466 e. The lowest BCUT2D eigenvalue weighted by atomic mass is 10.0. The molecule has 6 nitrogen and oxygen atoms in total. The smallest absolute Gasteiger partial charge is 0.308 e. The highest BCUT2D eigenvalue weighted by atomic mass is 16.5. The standard InChI is InChI=1S/C22H27N3O.C8H16O2/c1-4-23-15-18-6-5-7-20(13-10-18)22-24-21(25-26-22)19-11-8-17(9-12-19)14-16(2)3;1-4-7(5-2)8(9)10-6-3/h5-6,8-13,16,23H,4,7,14-15H2,1-3H3;7H,4-6H2,1-3H3. The van der Waals surface area contributed by atoms with Gasteiger partial charge in [-0.25, -0.2) is 0 Å². The van der Waals surface area contributed by atoms with Crippen molar-refractivity contribution < 1.29 is 14.1 Å². The van der Waals surface area contributed by atoms with Crippen LogP contribution in [0.25, 0.3) is 17.0 Å². The van der Waals surface area contributed by atoms with Gasteiger partial charge in [-0.05, 0) is 56.2 Å². The zero-order chi connectivity index (χ0) is 26.3. The Hall–Kier alpha value is -2.99. The molecule has 196 valence electrons. The van der Waals surface area contributed by atoms with Gasteiger partial charge in [0.25, 0.3) is 5.89 Å². The van der Waals surface area contributed by atoms with Crippen LogP contribution in [0.1, 0.15) is 72.3 Å². The van der Waals surface area contributed by atoms with Crippen LogP contribution in [-0.4, -0.2) is 35.8 Å². The molecule has 0 spiro atoms. The number of nitrogens with one attached hydrogen (secondary N) is 1. The van der Waals surface area contributed by atoms with Gasteiger partial charge in [-0.15, -0.1) is 0 Å². The van der Waals surface area contributed by atoms with E-state index in [2.05, 4.69) is 84.8 Å². The molecule has 0 atom stereocenters. The van der Waals surface area contributed by atoms with Crippen LogP contribution >= 0.6 is 0 Å². The van der Waals surface area contributed by atoms with Crippen LogP contribution in [0.15, 0.2) is 58.7 Å². The Balaban J connectivity index is 0.000000388. The van der Waals surface area contributed by atoms with Gasteiger partial charge < -0.3 is 14.6 Å². The zero-order valence-corrected chi connectivity index (χ0v) is 22.8. The number of carbonyl (C=O) groups excluding carboxylic acids is 1. The van der Waals surface area contributed by atoms with Gasteiger partial charge in [0, 0.05) is 17.7 Å². The normalized spacial score (nSPS) is 13.1. The third kappa shape index (κ3) is 9.57. The maximum atomic E-state index is 11.0. The second kappa shape index (κ2) is 15.9. The van der Waals surface area contributed by atoms with Crippen molar-refractivity contribution in [2.75, 3.05) is 19.7 Å². The van der Waals surface area contributed by atoms with Crippen molar-refractivity contribution in [1.82, 2.24) is 15.5 Å². The Labute approximate surface area is 216 Å². The number of aromatic nitrogens is 2. The van der Waals surface area contributed by atoms with Crippen LogP contribution < -0.4 is 5.32 Å². The number of hydrogen-bond acceptors (Lipinski definition) is 6. The minimum Gasteiger partial charge on any atom is -0.466 e. The molecule has 2 aromatic rings. The first-order valence-electron chi connectivity index (χ1n) is 13.3. The molecule has 0 amide bonds. The van der Waals surface area contributed by atoms with Gasteiger partial charge in [0.05, 0.1) is 12.5 Å². The Morgan fingerprint density at radius 2 is 1.81 bits per heavy atom. The molecule has 0 unspecified atom stereocenters. The summed E-state index contributed by atoms with van der Waals surface area (Å²) in [7, 11) is 0. The summed E-state index contributed by atoms with van der Waals surface area (Å²) in [5.41, 5.74) is 4.62. The van der Waals surface area contributed by atoms with E-state index in [4.69, 9.17) is 9.26 Å².